The highest BCUT2D eigenvalue weighted by Gasteiger charge is 2.26. The second-order valence-electron chi connectivity index (χ2n) is 4.42. The van der Waals surface area contributed by atoms with Gasteiger partial charge in [0.05, 0.1) is 18.0 Å². The van der Waals surface area contributed by atoms with Gasteiger partial charge < -0.3 is 10.0 Å². The minimum Gasteiger partial charge on any atom is -0.395 e. The van der Waals surface area contributed by atoms with Crippen molar-refractivity contribution in [2.45, 2.75) is 39.2 Å². The van der Waals surface area contributed by atoms with E-state index in [-0.39, 0.29) is 6.61 Å². The first kappa shape index (κ1) is 11.3. The van der Waals surface area contributed by atoms with Crippen LogP contribution >= 0.6 is 0 Å². The van der Waals surface area contributed by atoms with Crippen molar-refractivity contribution in [1.82, 2.24) is 9.97 Å². The summed E-state index contributed by atoms with van der Waals surface area (Å²) < 4.78 is 0. The molecule has 0 radical (unpaired) electrons. The van der Waals surface area contributed by atoms with Crippen LogP contribution in [0.5, 0.6) is 0 Å². The van der Waals surface area contributed by atoms with E-state index in [2.05, 4.69) is 14.9 Å². The Morgan fingerprint density at radius 3 is 2.75 bits per heavy atom. The molecule has 0 aromatic carbocycles. The van der Waals surface area contributed by atoms with E-state index < -0.39 is 0 Å². The van der Waals surface area contributed by atoms with Gasteiger partial charge in [0.1, 0.15) is 0 Å². The Bertz CT molecular complexity index is 363. The predicted octanol–water partition coefficient (Wildman–Crippen LogP) is 1.44. The molecule has 1 saturated carbocycles. The van der Waals surface area contributed by atoms with Crippen LogP contribution in [-0.4, -0.2) is 34.3 Å². The Hall–Kier alpha value is -1.16. The van der Waals surface area contributed by atoms with Crippen molar-refractivity contribution in [1.29, 1.82) is 0 Å². The maximum Gasteiger partial charge on any atom is 0.150 e. The van der Waals surface area contributed by atoms with E-state index >= 15 is 0 Å². The van der Waals surface area contributed by atoms with E-state index in [0.717, 1.165) is 17.2 Å². The van der Waals surface area contributed by atoms with E-state index in [1.54, 1.807) is 6.20 Å². The van der Waals surface area contributed by atoms with Gasteiger partial charge >= 0.3 is 0 Å². The molecule has 1 aromatic rings. The summed E-state index contributed by atoms with van der Waals surface area (Å²) in [6.45, 7) is 4.76. The molecule has 1 aliphatic rings. The summed E-state index contributed by atoms with van der Waals surface area (Å²) in [5.74, 6) is 0.943. The van der Waals surface area contributed by atoms with E-state index in [0.29, 0.717) is 12.6 Å². The molecule has 16 heavy (non-hydrogen) atoms. The van der Waals surface area contributed by atoms with E-state index in [4.69, 9.17) is 5.11 Å². The van der Waals surface area contributed by atoms with Gasteiger partial charge in [0.25, 0.3) is 0 Å². The van der Waals surface area contributed by atoms with Gasteiger partial charge in [0.15, 0.2) is 5.82 Å². The monoisotopic (exact) mass is 221 g/mol. The largest absolute Gasteiger partial charge is 0.395 e. The lowest BCUT2D eigenvalue weighted by Crippen LogP contribution is -2.43. The topological polar surface area (TPSA) is 49.2 Å². The number of aryl methyl sites for hydroxylation is 2. The quantitative estimate of drug-likeness (QED) is 0.836. The normalized spacial score (nSPS) is 15.9. The predicted molar refractivity (Wildman–Crippen MR) is 63.6 cm³/mol. The van der Waals surface area contributed by atoms with Crippen LogP contribution < -0.4 is 4.90 Å². The number of aliphatic hydroxyl groups excluding tert-OH is 1. The summed E-state index contributed by atoms with van der Waals surface area (Å²) in [5.41, 5.74) is 1.88. The molecule has 0 spiro atoms. The molecule has 1 aromatic heterocycles. The lowest BCUT2D eigenvalue weighted by atomic mass is 9.91. The number of hydrogen-bond acceptors (Lipinski definition) is 4. The number of aromatic nitrogens is 2. The first-order valence-electron chi connectivity index (χ1n) is 5.90. The maximum absolute atomic E-state index is 9.14. The summed E-state index contributed by atoms with van der Waals surface area (Å²) >= 11 is 0. The number of aliphatic hydroxyl groups is 1. The molecule has 0 amide bonds. The molecular formula is C12H19N3O. The van der Waals surface area contributed by atoms with E-state index in [9.17, 15) is 0 Å². The Morgan fingerprint density at radius 1 is 1.44 bits per heavy atom. The SMILES string of the molecule is Cc1cnc(C)c(N(CCO)C2CCC2)n1. The van der Waals surface area contributed by atoms with Gasteiger partial charge in [-0.05, 0) is 33.1 Å². The van der Waals surface area contributed by atoms with Crippen molar-refractivity contribution in [2.24, 2.45) is 0 Å². The molecule has 0 saturated heterocycles. The second kappa shape index (κ2) is 4.78. The van der Waals surface area contributed by atoms with Crippen molar-refractivity contribution < 1.29 is 5.11 Å². The molecule has 0 aliphatic heterocycles. The van der Waals surface area contributed by atoms with Gasteiger partial charge in [-0.3, -0.25) is 4.98 Å². The molecule has 1 N–H and O–H groups in total. The van der Waals surface area contributed by atoms with Crippen molar-refractivity contribution in [3.05, 3.63) is 17.6 Å². The minimum absolute atomic E-state index is 0.172. The van der Waals surface area contributed by atoms with Crippen LogP contribution in [0.25, 0.3) is 0 Å². The smallest absolute Gasteiger partial charge is 0.150 e. The molecule has 88 valence electrons. The van der Waals surface area contributed by atoms with E-state index in [1.165, 1.54) is 19.3 Å². The van der Waals surface area contributed by atoms with Crippen molar-refractivity contribution in [2.75, 3.05) is 18.1 Å². The van der Waals surface area contributed by atoms with Gasteiger partial charge in [0, 0.05) is 18.8 Å². The molecule has 4 heteroatoms. The Morgan fingerprint density at radius 2 is 2.19 bits per heavy atom. The summed E-state index contributed by atoms with van der Waals surface area (Å²) in [4.78, 5) is 11.1. The summed E-state index contributed by atoms with van der Waals surface area (Å²) in [6, 6.07) is 0.543. The van der Waals surface area contributed by atoms with Gasteiger partial charge in [0.2, 0.25) is 0 Å². The number of nitrogens with zero attached hydrogens (tertiary/aromatic N) is 3. The molecule has 0 bridgehead atoms. The number of hydrogen-bond donors (Lipinski definition) is 1. The van der Waals surface area contributed by atoms with Gasteiger partial charge in [-0.2, -0.15) is 0 Å². The second-order valence-corrected chi connectivity index (χ2v) is 4.42. The Balaban J connectivity index is 2.25. The highest BCUT2D eigenvalue weighted by atomic mass is 16.3. The van der Waals surface area contributed by atoms with E-state index in [1.807, 2.05) is 13.8 Å². The molecule has 0 atom stereocenters. The first-order chi connectivity index (χ1) is 7.72. The standard InChI is InChI=1S/C12H19N3O/c1-9-8-13-10(2)12(14-9)15(6-7-16)11-4-3-5-11/h8,11,16H,3-7H2,1-2H3. The van der Waals surface area contributed by atoms with Gasteiger partial charge in [-0.1, -0.05) is 0 Å². The molecule has 1 heterocycles. The van der Waals surface area contributed by atoms with Crippen molar-refractivity contribution >= 4 is 5.82 Å². The zero-order valence-electron chi connectivity index (χ0n) is 9.98. The molecular weight excluding hydrogens is 202 g/mol. The fraction of sp³-hybridized carbons (Fsp3) is 0.667. The van der Waals surface area contributed by atoms with Crippen LogP contribution in [0.4, 0.5) is 5.82 Å². The average Bonchev–Trinajstić information content (AvgIpc) is 2.18. The maximum atomic E-state index is 9.14. The average molecular weight is 221 g/mol. The fourth-order valence-corrected chi connectivity index (χ4v) is 2.06. The Kier molecular flexibility index (Phi) is 3.39. The Labute approximate surface area is 96.3 Å². The third kappa shape index (κ3) is 2.16. The zero-order chi connectivity index (χ0) is 11.5. The summed E-state index contributed by atoms with van der Waals surface area (Å²) in [5, 5.41) is 9.14. The first-order valence-corrected chi connectivity index (χ1v) is 5.90. The highest BCUT2D eigenvalue weighted by molar-refractivity contribution is 5.45. The lowest BCUT2D eigenvalue weighted by Gasteiger charge is -2.38. The van der Waals surface area contributed by atoms with Gasteiger partial charge in [-0.25, -0.2) is 4.98 Å². The molecule has 2 rings (SSSR count). The summed E-state index contributed by atoms with van der Waals surface area (Å²) in [6.07, 6.45) is 5.48. The molecule has 1 aliphatic carbocycles. The van der Waals surface area contributed by atoms with Crippen LogP contribution in [0.15, 0.2) is 6.20 Å². The van der Waals surface area contributed by atoms with Crippen molar-refractivity contribution in [3.63, 3.8) is 0 Å². The van der Waals surface area contributed by atoms with Crippen molar-refractivity contribution in [3.8, 4) is 0 Å². The van der Waals surface area contributed by atoms with Crippen LogP contribution in [0.3, 0.4) is 0 Å². The zero-order valence-corrected chi connectivity index (χ0v) is 9.98. The fourth-order valence-electron chi connectivity index (χ4n) is 2.06. The lowest BCUT2D eigenvalue weighted by molar-refractivity contribution is 0.282. The van der Waals surface area contributed by atoms with Crippen LogP contribution in [0, 0.1) is 13.8 Å². The van der Waals surface area contributed by atoms with Crippen LogP contribution in [-0.2, 0) is 0 Å². The third-order valence-corrected chi connectivity index (χ3v) is 3.18. The van der Waals surface area contributed by atoms with Crippen LogP contribution in [0.1, 0.15) is 30.7 Å². The molecule has 4 nitrogen and oxygen atoms in total. The number of anilines is 1. The van der Waals surface area contributed by atoms with Crippen LogP contribution in [0.2, 0.25) is 0 Å². The third-order valence-electron chi connectivity index (χ3n) is 3.18. The number of rotatable bonds is 4. The summed E-state index contributed by atoms with van der Waals surface area (Å²) in [7, 11) is 0. The highest BCUT2D eigenvalue weighted by Crippen LogP contribution is 2.29. The molecule has 0 unspecified atom stereocenters. The molecule has 1 fully saturated rings. The van der Waals surface area contributed by atoms with Gasteiger partial charge in [-0.15, -0.1) is 0 Å². The minimum atomic E-state index is 0.172.